The fraction of sp³-hybridized carbons (Fsp3) is 0.385. The average Bonchev–Trinajstić information content (AvgIpc) is 3.36. The molecular weight excluding hydrogens is 445 g/mol. The molecule has 35 heavy (non-hydrogen) atoms. The topological polar surface area (TPSA) is 89.7 Å². The maximum absolute atomic E-state index is 14.0. The van der Waals surface area contributed by atoms with Crippen LogP contribution in [-0.4, -0.2) is 52.8 Å². The van der Waals surface area contributed by atoms with Gasteiger partial charge in [0.1, 0.15) is 11.5 Å². The van der Waals surface area contributed by atoms with Crippen molar-refractivity contribution in [1.29, 1.82) is 0 Å². The number of piperidine rings is 2. The molecule has 3 aliphatic rings. The zero-order chi connectivity index (χ0) is 24.1. The Labute approximate surface area is 202 Å². The Balaban J connectivity index is 1.29. The van der Waals surface area contributed by atoms with Crippen LogP contribution in [0.1, 0.15) is 48.1 Å². The quantitative estimate of drug-likeness (QED) is 0.438. The Kier molecular flexibility index (Phi) is 5.27. The summed E-state index contributed by atoms with van der Waals surface area (Å²) in [4.78, 5) is 31.2. The lowest BCUT2D eigenvalue weighted by Crippen LogP contribution is -2.63. The van der Waals surface area contributed by atoms with Crippen molar-refractivity contribution in [2.45, 2.75) is 51.6 Å². The molecule has 1 aromatic carbocycles. The lowest BCUT2D eigenvalue weighted by atomic mass is 9.64. The second-order valence-corrected chi connectivity index (χ2v) is 9.70. The monoisotopic (exact) mass is 471 g/mol. The highest BCUT2D eigenvalue weighted by Gasteiger charge is 2.50. The first-order valence-corrected chi connectivity index (χ1v) is 12.1. The third-order valence-electron chi connectivity index (χ3n) is 7.59. The number of carbonyl (C=O) groups is 1. The Morgan fingerprint density at radius 1 is 1.09 bits per heavy atom. The minimum Gasteiger partial charge on any atom is -0.331 e. The summed E-state index contributed by atoms with van der Waals surface area (Å²) in [7, 11) is 0. The van der Waals surface area contributed by atoms with Crippen LogP contribution >= 0.6 is 0 Å². The molecule has 3 aromatic heterocycles. The Morgan fingerprint density at radius 3 is 2.69 bits per heavy atom. The van der Waals surface area contributed by atoms with Crippen molar-refractivity contribution < 1.29 is 9.18 Å². The van der Waals surface area contributed by atoms with Crippen molar-refractivity contribution in [1.82, 2.24) is 34.8 Å². The normalized spacial score (nSPS) is 23.3. The van der Waals surface area contributed by atoms with Gasteiger partial charge in [-0.15, -0.1) is 4.80 Å². The third-order valence-corrected chi connectivity index (χ3v) is 7.59. The number of amides is 1. The van der Waals surface area contributed by atoms with E-state index in [0.717, 1.165) is 30.7 Å². The van der Waals surface area contributed by atoms with E-state index in [1.54, 1.807) is 24.7 Å². The molecule has 1 amide bonds. The molecule has 178 valence electrons. The first kappa shape index (κ1) is 21.8. The SMILES string of the molecule is Cc1ccc(-n2nccn2)c(C(=O)N2C3CC(C3)[C@@H](C)C2CCc2cnc3cc(F)ccc3n2)n1. The summed E-state index contributed by atoms with van der Waals surface area (Å²) in [6.07, 6.45) is 8.43. The Hall–Kier alpha value is -3.75. The lowest BCUT2D eigenvalue weighted by molar-refractivity contribution is -0.0573. The van der Waals surface area contributed by atoms with Crippen molar-refractivity contribution in [3.05, 3.63) is 71.8 Å². The second kappa shape index (κ2) is 8.48. The molecule has 9 heteroatoms. The van der Waals surface area contributed by atoms with Gasteiger partial charge in [0.05, 0.1) is 29.1 Å². The van der Waals surface area contributed by atoms with Crippen LogP contribution in [0.25, 0.3) is 16.7 Å². The van der Waals surface area contributed by atoms with Gasteiger partial charge in [-0.2, -0.15) is 10.2 Å². The number of benzene rings is 1. The van der Waals surface area contributed by atoms with Crippen molar-refractivity contribution in [3.63, 3.8) is 0 Å². The maximum atomic E-state index is 14.0. The average molecular weight is 472 g/mol. The minimum absolute atomic E-state index is 0.0685. The molecule has 1 saturated carbocycles. The predicted octanol–water partition coefficient (Wildman–Crippen LogP) is 3.92. The number of fused-ring (bicyclic) bond motifs is 3. The van der Waals surface area contributed by atoms with E-state index in [1.165, 1.54) is 16.9 Å². The number of halogens is 1. The van der Waals surface area contributed by atoms with Crippen LogP contribution in [0, 0.1) is 24.6 Å². The molecule has 7 rings (SSSR count). The highest BCUT2D eigenvalue weighted by Crippen LogP contribution is 2.48. The number of hydrogen-bond donors (Lipinski definition) is 0. The third kappa shape index (κ3) is 3.84. The van der Waals surface area contributed by atoms with E-state index in [2.05, 4.69) is 37.0 Å². The standard InChI is InChI=1S/C26H26FN7O/c1-15-3-7-24(34-29-9-10-30-34)25(31-15)26(35)33-20-11-17(12-20)16(2)23(33)8-5-19-14-28-22-13-18(27)4-6-21(22)32-19/h3-4,6-7,9-10,13-14,16-17,20,23H,5,8,11-12H2,1-2H3/t16-,17?,20?,23?/m1/s1. The van der Waals surface area contributed by atoms with Gasteiger partial charge in [0.25, 0.3) is 5.91 Å². The fourth-order valence-corrected chi connectivity index (χ4v) is 5.61. The zero-order valence-corrected chi connectivity index (χ0v) is 19.7. The lowest BCUT2D eigenvalue weighted by Gasteiger charge is -2.57. The summed E-state index contributed by atoms with van der Waals surface area (Å²) in [6.45, 7) is 4.14. The minimum atomic E-state index is -0.321. The van der Waals surface area contributed by atoms with Gasteiger partial charge < -0.3 is 4.90 Å². The summed E-state index contributed by atoms with van der Waals surface area (Å²) in [5.74, 6) is 0.624. The molecule has 2 atom stereocenters. The highest BCUT2D eigenvalue weighted by molar-refractivity contribution is 5.96. The van der Waals surface area contributed by atoms with Crippen LogP contribution in [-0.2, 0) is 6.42 Å². The predicted molar refractivity (Wildman–Crippen MR) is 127 cm³/mol. The molecule has 8 nitrogen and oxygen atoms in total. The van der Waals surface area contributed by atoms with E-state index in [0.29, 0.717) is 40.7 Å². The molecule has 4 aromatic rings. The van der Waals surface area contributed by atoms with E-state index >= 15 is 0 Å². The first-order valence-electron chi connectivity index (χ1n) is 12.1. The summed E-state index contributed by atoms with van der Waals surface area (Å²) in [6, 6.07) is 8.48. The van der Waals surface area contributed by atoms with Crippen molar-refractivity contribution >= 4 is 16.9 Å². The van der Waals surface area contributed by atoms with Crippen LogP contribution in [0.15, 0.2) is 48.9 Å². The summed E-state index contributed by atoms with van der Waals surface area (Å²) in [5, 5.41) is 8.46. The van der Waals surface area contributed by atoms with Crippen LogP contribution < -0.4 is 0 Å². The molecule has 5 heterocycles. The van der Waals surface area contributed by atoms with E-state index in [9.17, 15) is 9.18 Å². The van der Waals surface area contributed by atoms with Gasteiger partial charge in [-0.1, -0.05) is 6.92 Å². The molecule has 0 radical (unpaired) electrons. The molecule has 1 aliphatic carbocycles. The number of aryl methyl sites for hydroxylation is 2. The van der Waals surface area contributed by atoms with Gasteiger partial charge in [-0.05, 0) is 68.7 Å². The number of aromatic nitrogens is 6. The molecule has 2 bridgehead atoms. The van der Waals surface area contributed by atoms with Crippen molar-refractivity contribution in [2.24, 2.45) is 11.8 Å². The smallest absolute Gasteiger partial charge is 0.275 e. The van der Waals surface area contributed by atoms with E-state index < -0.39 is 0 Å². The molecule has 2 aliphatic heterocycles. The van der Waals surface area contributed by atoms with Crippen molar-refractivity contribution in [3.8, 4) is 5.69 Å². The molecule has 3 fully saturated rings. The van der Waals surface area contributed by atoms with E-state index in [4.69, 9.17) is 0 Å². The molecular formula is C26H26FN7O. The summed E-state index contributed by atoms with van der Waals surface area (Å²) >= 11 is 0. The molecule has 1 unspecified atom stereocenters. The second-order valence-electron chi connectivity index (χ2n) is 9.70. The Morgan fingerprint density at radius 2 is 1.89 bits per heavy atom. The Bertz CT molecular complexity index is 1400. The number of carbonyl (C=O) groups excluding carboxylic acids is 1. The van der Waals surface area contributed by atoms with Gasteiger partial charge in [0.2, 0.25) is 0 Å². The van der Waals surface area contributed by atoms with Gasteiger partial charge in [0, 0.05) is 30.0 Å². The van der Waals surface area contributed by atoms with Crippen LogP contribution in [0.2, 0.25) is 0 Å². The summed E-state index contributed by atoms with van der Waals surface area (Å²) < 4.78 is 13.5. The molecule has 2 saturated heterocycles. The van der Waals surface area contributed by atoms with Gasteiger partial charge in [0.15, 0.2) is 5.69 Å². The van der Waals surface area contributed by atoms with Crippen LogP contribution in [0.3, 0.4) is 0 Å². The summed E-state index contributed by atoms with van der Waals surface area (Å²) in [5.41, 5.74) is 3.82. The largest absolute Gasteiger partial charge is 0.331 e. The van der Waals surface area contributed by atoms with Crippen LogP contribution in [0.5, 0.6) is 0 Å². The van der Waals surface area contributed by atoms with Crippen LogP contribution in [0.4, 0.5) is 4.39 Å². The highest BCUT2D eigenvalue weighted by atomic mass is 19.1. The fourth-order valence-electron chi connectivity index (χ4n) is 5.61. The van der Waals surface area contributed by atoms with E-state index in [1.807, 2.05) is 19.1 Å². The number of pyridine rings is 1. The molecule has 0 spiro atoms. The van der Waals surface area contributed by atoms with Crippen molar-refractivity contribution in [2.75, 3.05) is 0 Å². The van der Waals surface area contributed by atoms with E-state index in [-0.39, 0.29) is 23.8 Å². The molecule has 0 N–H and O–H groups in total. The number of nitrogens with zero attached hydrogens (tertiary/aromatic N) is 7. The number of hydrogen-bond acceptors (Lipinski definition) is 6. The number of rotatable bonds is 5. The first-order chi connectivity index (χ1) is 17.0. The maximum Gasteiger partial charge on any atom is 0.275 e. The van der Waals surface area contributed by atoms with Gasteiger partial charge in [-0.25, -0.2) is 14.4 Å². The van der Waals surface area contributed by atoms with Gasteiger partial charge >= 0.3 is 0 Å². The van der Waals surface area contributed by atoms with Gasteiger partial charge in [-0.3, -0.25) is 9.78 Å². The zero-order valence-electron chi connectivity index (χ0n) is 19.7.